The van der Waals surface area contributed by atoms with Gasteiger partial charge in [-0.05, 0) is 44.2 Å². The molecule has 0 spiro atoms. The number of rotatable bonds is 3. The van der Waals surface area contributed by atoms with Crippen LogP contribution >= 0.6 is 0 Å². The lowest BCUT2D eigenvalue weighted by molar-refractivity contribution is -0.0131. The fourth-order valence-electron chi connectivity index (χ4n) is 2.08. The van der Waals surface area contributed by atoms with Crippen molar-refractivity contribution in [1.29, 1.82) is 0 Å². The molecule has 16 heavy (non-hydrogen) atoms. The zero-order valence-electron chi connectivity index (χ0n) is 9.72. The molecule has 0 radical (unpaired) electrons. The number of nitrogens with zero attached hydrogens (tertiary/aromatic N) is 1. The largest absolute Gasteiger partial charge is 0.393 e. The average Bonchev–Trinajstić information content (AvgIpc) is 2.30. The van der Waals surface area contributed by atoms with Crippen LogP contribution in [-0.4, -0.2) is 22.3 Å². The van der Waals surface area contributed by atoms with Crippen LogP contribution in [0.4, 0.5) is 0 Å². The maximum Gasteiger partial charge on any atom is 0.0894 e. The maximum absolute atomic E-state index is 9.39. The minimum atomic E-state index is -0.114. The lowest BCUT2D eigenvalue weighted by Crippen LogP contribution is -2.24. The second-order valence-electron chi connectivity index (χ2n) is 4.51. The number of aryl methyl sites for hydroxylation is 1. The first kappa shape index (κ1) is 11.6. The summed E-state index contributed by atoms with van der Waals surface area (Å²) in [6, 6.07) is 3.99. The van der Waals surface area contributed by atoms with E-state index in [4.69, 9.17) is 4.74 Å². The summed E-state index contributed by atoms with van der Waals surface area (Å²) in [5.41, 5.74) is 2.20. The highest BCUT2D eigenvalue weighted by molar-refractivity contribution is 5.16. The quantitative estimate of drug-likeness (QED) is 0.851. The van der Waals surface area contributed by atoms with Crippen LogP contribution in [-0.2, 0) is 11.3 Å². The van der Waals surface area contributed by atoms with Gasteiger partial charge >= 0.3 is 0 Å². The first-order valence-corrected chi connectivity index (χ1v) is 5.96. The van der Waals surface area contributed by atoms with Gasteiger partial charge in [0.2, 0.25) is 0 Å². The molecule has 1 saturated carbocycles. The molecule has 1 aromatic heterocycles. The third kappa shape index (κ3) is 3.03. The van der Waals surface area contributed by atoms with Gasteiger partial charge in [-0.1, -0.05) is 6.07 Å². The van der Waals surface area contributed by atoms with Crippen LogP contribution < -0.4 is 0 Å². The zero-order valence-corrected chi connectivity index (χ0v) is 9.72. The van der Waals surface area contributed by atoms with Crippen molar-refractivity contribution in [1.82, 2.24) is 4.98 Å². The first-order chi connectivity index (χ1) is 7.75. The molecule has 1 N–H and O–H groups in total. The summed E-state index contributed by atoms with van der Waals surface area (Å²) in [5.74, 6) is 0. The van der Waals surface area contributed by atoms with Crippen molar-refractivity contribution in [2.75, 3.05) is 0 Å². The Morgan fingerprint density at radius 2 is 2.12 bits per heavy atom. The second kappa shape index (κ2) is 5.41. The standard InChI is InChI=1S/C13H19NO2/c1-10-3-2-8-14-13(10)9-16-12-6-4-11(15)5-7-12/h2-3,8,11-12,15H,4-7,9H2,1H3. The first-order valence-electron chi connectivity index (χ1n) is 5.96. The molecule has 1 aliphatic carbocycles. The van der Waals surface area contributed by atoms with Crippen molar-refractivity contribution >= 4 is 0 Å². The van der Waals surface area contributed by atoms with Crippen molar-refractivity contribution in [2.24, 2.45) is 0 Å². The number of aliphatic hydroxyl groups excluding tert-OH is 1. The highest BCUT2D eigenvalue weighted by Gasteiger charge is 2.19. The van der Waals surface area contributed by atoms with Gasteiger partial charge in [-0.15, -0.1) is 0 Å². The predicted molar refractivity (Wildman–Crippen MR) is 62.0 cm³/mol. The van der Waals surface area contributed by atoms with E-state index in [-0.39, 0.29) is 6.10 Å². The third-order valence-corrected chi connectivity index (χ3v) is 3.22. The summed E-state index contributed by atoms with van der Waals surface area (Å²) in [4.78, 5) is 4.30. The molecule has 0 atom stereocenters. The molecule has 1 fully saturated rings. The van der Waals surface area contributed by atoms with Gasteiger partial charge in [-0.2, -0.15) is 0 Å². The highest BCUT2D eigenvalue weighted by Crippen LogP contribution is 2.22. The van der Waals surface area contributed by atoms with Gasteiger partial charge in [0.05, 0.1) is 24.5 Å². The fourth-order valence-corrected chi connectivity index (χ4v) is 2.08. The predicted octanol–water partition coefficient (Wildman–Crippen LogP) is 2.21. The summed E-state index contributed by atoms with van der Waals surface area (Å²) in [5, 5.41) is 9.39. The maximum atomic E-state index is 9.39. The molecule has 1 aromatic rings. The third-order valence-electron chi connectivity index (χ3n) is 3.22. The van der Waals surface area contributed by atoms with Gasteiger partial charge in [-0.3, -0.25) is 4.98 Å². The van der Waals surface area contributed by atoms with E-state index in [2.05, 4.69) is 18.0 Å². The lowest BCUT2D eigenvalue weighted by Gasteiger charge is -2.25. The van der Waals surface area contributed by atoms with Crippen LogP contribution in [0.5, 0.6) is 0 Å². The topological polar surface area (TPSA) is 42.4 Å². The monoisotopic (exact) mass is 221 g/mol. The Morgan fingerprint density at radius 3 is 2.81 bits per heavy atom. The zero-order chi connectivity index (χ0) is 11.4. The van der Waals surface area contributed by atoms with Gasteiger partial charge in [0, 0.05) is 6.20 Å². The van der Waals surface area contributed by atoms with E-state index in [0.717, 1.165) is 31.4 Å². The highest BCUT2D eigenvalue weighted by atomic mass is 16.5. The van der Waals surface area contributed by atoms with E-state index < -0.39 is 0 Å². The fraction of sp³-hybridized carbons (Fsp3) is 0.615. The molecule has 0 saturated heterocycles. The SMILES string of the molecule is Cc1cccnc1COC1CCC(O)CC1. The molecule has 88 valence electrons. The molecule has 0 bridgehead atoms. The number of hydrogen-bond acceptors (Lipinski definition) is 3. The second-order valence-corrected chi connectivity index (χ2v) is 4.51. The number of aromatic nitrogens is 1. The molecule has 0 amide bonds. The van der Waals surface area contributed by atoms with Crippen molar-refractivity contribution in [2.45, 2.75) is 51.4 Å². The Hall–Kier alpha value is -0.930. The van der Waals surface area contributed by atoms with Crippen molar-refractivity contribution in [3.63, 3.8) is 0 Å². The Kier molecular flexibility index (Phi) is 3.91. The molecule has 0 aromatic carbocycles. The minimum Gasteiger partial charge on any atom is -0.393 e. The lowest BCUT2D eigenvalue weighted by atomic mass is 9.95. The van der Waals surface area contributed by atoms with Crippen LogP contribution in [0, 0.1) is 6.92 Å². The van der Waals surface area contributed by atoms with Crippen molar-refractivity contribution in [3.8, 4) is 0 Å². The summed E-state index contributed by atoms with van der Waals surface area (Å²) in [6.07, 6.45) is 5.65. The van der Waals surface area contributed by atoms with Crippen LogP contribution in [0.15, 0.2) is 18.3 Å². The molecule has 1 aliphatic rings. The van der Waals surface area contributed by atoms with Gasteiger partial charge in [0.1, 0.15) is 0 Å². The summed E-state index contributed by atoms with van der Waals surface area (Å²) < 4.78 is 5.82. The molecule has 3 heteroatoms. The molecule has 3 nitrogen and oxygen atoms in total. The summed E-state index contributed by atoms with van der Waals surface area (Å²) in [6.45, 7) is 2.64. The smallest absolute Gasteiger partial charge is 0.0894 e. The number of ether oxygens (including phenoxy) is 1. The van der Waals surface area contributed by atoms with E-state index in [9.17, 15) is 5.11 Å². The Labute approximate surface area is 96.5 Å². The normalized spacial score (nSPS) is 25.6. The van der Waals surface area contributed by atoms with Crippen LogP contribution in [0.3, 0.4) is 0 Å². The van der Waals surface area contributed by atoms with Gasteiger partial charge < -0.3 is 9.84 Å². The van der Waals surface area contributed by atoms with Crippen molar-refractivity contribution < 1.29 is 9.84 Å². The van der Waals surface area contributed by atoms with E-state index in [1.807, 2.05) is 6.07 Å². The van der Waals surface area contributed by atoms with E-state index >= 15 is 0 Å². The number of pyridine rings is 1. The molecular formula is C13H19NO2. The molecule has 0 aliphatic heterocycles. The molecular weight excluding hydrogens is 202 g/mol. The van der Waals surface area contributed by atoms with E-state index in [1.165, 1.54) is 5.56 Å². The van der Waals surface area contributed by atoms with E-state index in [0.29, 0.717) is 12.7 Å². The van der Waals surface area contributed by atoms with Crippen LogP contribution in [0.1, 0.15) is 36.9 Å². The molecule has 0 unspecified atom stereocenters. The average molecular weight is 221 g/mol. The Bertz CT molecular complexity index is 332. The molecule has 1 heterocycles. The van der Waals surface area contributed by atoms with Crippen molar-refractivity contribution in [3.05, 3.63) is 29.6 Å². The summed E-state index contributed by atoms with van der Waals surface area (Å²) >= 11 is 0. The van der Waals surface area contributed by atoms with Gasteiger partial charge in [-0.25, -0.2) is 0 Å². The van der Waals surface area contributed by atoms with Crippen LogP contribution in [0.25, 0.3) is 0 Å². The van der Waals surface area contributed by atoms with Gasteiger partial charge in [0.25, 0.3) is 0 Å². The number of aliphatic hydroxyl groups is 1. The van der Waals surface area contributed by atoms with Crippen LogP contribution in [0.2, 0.25) is 0 Å². The minimum absolute atomic E-state index is 0.114. The Balaban J connectivity index is 1.81. The Morgan fingerprint density at radius 1 is 1.38 bits per heavy atom. The number of hydrogen-bond donors (Lipinski definition) is 1. The van der Waals surface area contributed by atoms with E-state index in [1.54, 1.807) is 6.20 Å². The summed E-state index contributed by atoms with van der Waals surface area (Å²) in [7, 11) is 0. The van der Waals surface area contributed by atoms with Gasteiger partial charge in [0.15, 0.2) is 0 Å². The molecule has 2 rings (SSSR count).